The molecule has 1 heterocycles. The number of halogens is 3. The van der Waals surface area contributed by atoms with E-state index >= 15 is 0 Å². The zero-order valence-corrected chi connectivity index (χ0v) is 16.1. The Bertz CT molecular complexity index is 1070. The molecule has 0 aliphatic carbocycles. The highest BCUT2D eigenvalue weighted by atomic mass is 19.4. The smallest absolute Gasteiger partial charge is 0.416 e. The first-order valence-electron chi connectivity index (χ1n) is 9.30. The topological polar surface area (TPSA) is 29.5 Å². The van der Waals surface area contributed by atoms with E-state index in [1.54, 1.807) is 42.4 Å². The summed E-state index contributed by atoms with van der Waals surface area (Å²) in [4.78, 5) is 14.6. The molecule has 3 nitrogen and oxygen atoms in total. The van der Waals surface area contributed by atoms with Crippen molar-refractivity contribution in [3.63, 3.8) is 0 Å². The van der Waals surface area contributed by atoms with Crippen molar-refractivity contribution < 1.29 is 22.7 Å². The zero-order chi connectivity index (χ0) is 21.3. The summed E-state index contributed by atoms with van der Waals surface area (Å²) in [5.41, 5.74) is 2.10. The number of ether oxygens (including phenoxy) is 1. The maximum absolute atomic E-state index is 13.0. The molecule has 1 aliphatic heterocycles. The number of rotatable bonds is 4. The van der Waals surface area contributed by atoms with Crippen LogP contribution in [0, 0.1) is 0 Å². The Labute approximate surface area is 172 Å². The van der Waals surface area contributed by atoms with Crippen LogP contribution >= 0.6 is 0 Å². The summed E-state index contributed by atoms with van der Waals surface area (Å²) < 4.78 is 43.8. The predicted molar refractivity (Wildman–Crippen MR) is 109 cm³/mol. The number of benzene rings is 3. The summed E-state index contributed by atoms with van der Waals surface area (Å²) >= 11 is 0. The van der Waals surface area contributed by atoms with Crippen molar-refractivity contribution in [1.29, 1.82) is 0 Å². The zero-order valence-electron chi connectivity index (χ0n) is 16.1. The van der Waals surface area contributed by atoms with Crippen molar-refractivity contribution in [1.82, 2.24) is 0 Å². The predicted octanol–water partition coefficient (Wildman–Crippen LogP) is 5.89. The molecule has 1 fully saturated rings. The van der Waals surface area contributed by atoms with Gasteiger partial charge < -0.3 is 4.74 Å². The Morgan fingerprint density at radius 1 is 0.900 bits per heavy atom. The number of hydrogen-bond acceptors (Lipinski definition) is 2. The van der Waals surface area contributed by atoms with Gasteiger partial charge in [0.1, 0.15) is 11.7 Å². The van der Waals surface area contributed by atoms with Crippen molar-refractivity contribution in [3.8, 4) is 5.75 Å². The molecule has 30 heavy (non-hydrogen) atoms. The summed E-state index contributed by atoms with van der Waals surface area (Å²) in [5, 5.41) is 0. The lowest BCUT2D eigenvalue weighted by Gasteiger charge is -2.42. The van der Waals surface area contributed by atoms with Crippen LogP contribution in [0.25, 0.3) is 6.08 Å². The van der Waals surface area contributed by atoms with Crippen molar-refractivity contribution in [2.45, 2.75) is 12.1 Å². The minimum atomic E-state index is -4.39. The van der Waals surface area contributed by atoms with Crippen molar-refractivity contribution in [2.24, 2.45) is 0 Å². The van der Waals surface area contributed by atoms with Crippen LogP contribution in [0.1, 0.15) is 22.6 Å². The number of alkyl halides is 3. The second-order valence-corrected chi connectivity index (χ2v) is 6.90. The molecule has 0 bridgehead atoms. The molecule has 1 amide bonds. The molecular formula is C24H18F3NO2. The second kappa shape index (κ2) is 7.71. The summed E-state index contributed by atoms with van der Waals surface area (Å²) in [7, 11) is 1.56. The van der Waals surface area contributed by atoms with E-state index in [0.717, 1.165) is 17.7 Å². The first-order valence-corrected chi connectivity index (χ1v) is 9.30. The maximum atomic E-state index is 13.0. The molecule has 0 aromatic heterocycles. The van der Waals surface area contributed by atoms with Crippen LogP contribution in [-0.2, 0) is 11.0 Å². The Morgan fingerprint density at radius 2 is 1.53 bits per heavy atom. The van der Waals surface area contributed by atoms with Crippen LogP contribution in [0.3, 0.4) is 0 Å². The molecule has 3 aromatic rings. The number of carbonyl (C=O) groups excluding carboxylic acids is 1. The van der Waals surface area contributed by atoms with Crippen LogP contribution < -0.4 is 9.64 Å². The van der Waals surface area contributed by atoms with Crippen molar-refractivity contribution in [2.75, 3.05) is 12.0 Å². The number of carbonyl (C=O) groups is 1. The lowest BCUT2D eigenvalue weighted by molar-refractivity contribution is -0.137. The minimum Gasteiger partial charge on any atom is -0.497 e. The molecule has 0 saturated carbocycles. The number of β-lactam (4-membered cyclic amide) rings is 1. The van der Waals surface area contributed by atoms with Crippen LogP contribution in [0.5, 0.6) is 5.75 Å². The molecular weight excluding hydrogens is 391 g/mol. The fourth-order valence-corrected chi connectivity index (χ4v) is 3.50. The van der Waals surface area contributed by atoms with Gasteiger partial charge in [-0.3, -0.25) is 9.69 Å². The highest BCUT2D eigenvalue weighted by Crippen LogP contribution is 2.43. The molecule has 0 spiro atoms. The average molecular weight is 409 g/mol. The maximum Gasteiger partial charge on any atom is 0.416 e. The second-order valence-electron chi connectivity index (χ2n) is 6.90. The summed E-state index contributed by atoms with van der Waals surface area (Å²) in [6, 6.07) is 21.3. The van der Waals surface area contributed by atoms with Gasteiger partial charge in [0.15, 0.2) is 0 Å². The quantitative estimate of drug-likeness (QED) is 0.503. The van der Waals surface area contributed by atoms with Gasteiger partial charge in [0, 0.05) is 11.4 Å². The van der Waals surface area contributed by atoms with Crippen LogP contribution in [0.2, 0.25) is 0 Å². The van der Waals surface area contributed by atoms with Gasteiger partial charge in [-0.1, -0.05) is 42.5 Å². The summed E-state index contributed by atoms with van der Waals surface area (Å²) in [6.45, 7) is 0. The van der Waals surface area contributed by atoms with Crippen molar-refractivity contribution in [3.05, 3.63) is 101 Å². The number of nitrogens with zero attached hydrogens (tertiary/aromatic N) is 1. The number of hydrogen-bond donors (Lipinski definition) is 0. The third kappa shape index (κ3) is 3.68. The molecule has 6 heteroatoms. The minimum absolute atomic E-state index is 0.0930. The molecule has 152 valence electrons. The molecule has 4 rings (SSSR count). The van der Waals surface area contributed by atoms with E-state index in [-0.39, 0.29) is 5.91 Å². The Hall–Kier alpha value is -3.54. The standard InChI is InChI=1S/C24H18F3NO2/c1-30-20-13-11-19(12-14-20)28-21(22(23(28)29)17-5-3-2-4-6-17)15-16-7-9-18(10-8-16)24(25,26)27/h2-15,22H,1H3/b21-15-. The monoisotopic (exact) mass is 409 g/mol. The molecule has 1 saturated heterocycles. The summed E-state index contributed by atoms with van der Waals surface area (Å²) in [6.07, 6.45) is -2.64. The van der Waals surface area contributed by atoms with Gasteiger partial charge in [-0.2, -0.15) is 13.2 Å². The van der Waals surface area contributed by atoms with Crippen LogP contribution in [0.4, 0.5) is 18.9 Å². The first-order chi connectivity index (χ1) is 14.4. The van der Waals surface area contributed by atoms with Gasteiger partial charge in [-0.05, 0) is 53.6 Å². The van der Waals surface area contributed by atoms with E-state index in [9.17, 15) is 18.0 Å². The third-order valence-corrected chi connectivity index (χ3v) is 5.04. The molecule has 0 N–H and O–H groups in total. The summed E-state index contributed by atoms with van der Waals surface area (Å²) in [5.74, 6) is 0.0970. The van der Waals surface area contributed by atoms with E-state index in [1.807, 2.05) is 30.3 Å². The molecule has 1 atom stereocenters. The van der Waals surface area contributed by atoms with E-state index in [2.05, 4.69) is 0 Å². The fraction of sp³-hybridized carbons (Fsp3) is 0.125. The van der Waals surface area contributed by atoms with Gasteiger partial charge in [-0.25, -0.2) is 0 Å². The highest BCUT2D eigenvalue weighted by molar-refractivity contribution is 6.13. The normalized spacial score (nSPS) is 17.7. The van der Waals surface area contributed by atoms with Gasteiger partial charge >= 0.3 is 6.18 Å². The van der Waals surface area contributed by atoms with E-state index in [4.69, 9.17) is 4.74 Å². The molecule has 1 aliphatic rings. The van der Waals surface area contributed by atoms with Gasteiger partial charge in [0.25, 0.3) is 0 Å². The van der Waals surface area contributed by atoms with Gasteiger partial charge in [0.05, 0.1) is 12.7 Å². The largest absolute Gasteiger partial charge is 0.497 e. The van der Waals surface area contributed by atoms with Crippen LogP contribution in [0.15, 0.2) is 84.6 Å². The lowest BCUT2D eigenvalue weighted by Crippen LogP contribution is -2.48. The van der Waals surface area contributed by atoms with Crippen molar-refractivity contribution >= 4 is 17.7 Å². The SMILES string of the molecule is COc1ccc(N2C(=O)C(c3ccccc3)/C2=C/c2ccc(C(F)(F)F)cc2)cc1. The fourth-order valence-electron chi connectivity index (χ4n) is 3.50. The van der Waals surface area contributed by atoms with E-state index < -0.39 is 17.7 Å². The van der Waals surface area contributed by atoms with Gasteiger partial charge in [-0.15, -0.1) is 0 Å². The van der Waals surface area contributed by atoms with E-state index in [0.29, 0.717) is 22.7 Å². The Morgan fingerprint density at radius 3 is 2.10 bits per heavy atom. The average Bonchev–Trinajstić information content (AvgIpc) is 2.74. The highest BCUT2D eigenvalue weighted by Gasteiger charge is 2.44. The first kappa shape index (κ1) is 19.8. The third-order valence-electron chi connectivity index (χ3n) is 5.04. The molecule has 1 unspecified atom stereocenters. The van der Waals surface area contributed by atoms with E-state index in [1.165, 1.54) is 12.1 Å². The number of amides is 1. The lowest BCUT2D eigenvalue weighted by atomic mass is 9.84. The van der Waals surface area contributed by atoms with Gasteiger partial charge in [0.2, 0.25) is 5.91 Å². The number of anilines is 1. The Kier molecular flexibility index (Phi) is 5.08. The Balaban J connectivity index is 1.73. The molecule has 3 aromatic carbocycles. The molecule has 0 radical (unpaired) electrons. The number of methoxy groups -OCH3 is 1. The van der Waals surface area contributed by atoms with Crippen LogP contribution in [-0.4, -0.2) is 13.0 Å².